The Bertz CT molecular complexity index is 988. The van der Waals surface area contributed by atoms with Gasteiger partial charge in [-0.3, -0.25) is 4.79 Å². The summed E-state index contributed by atoms with van der Waals surface area (Å²) in [6.45, 7) is 0. The molecule has 0 aliphatic heterocycles. The molecule has 1 N–H and O–H groups in total. The van der Waals surface area contributed by atoms with Crippen LogP contribution in [0.25, 0.3) is 32.3 Å². The van der Waals surface area contributed by atoms with Crippen LogP contribution >= 0.6 is 0 Å². The van der Waals surface area contributed by atoms with Crippen LogP contribution < -0.4 is 5.32 Å². The molecule has 0 atom stereocenters. The highest BCUT2D eigenvalue weighted by Gasteiger charge is 2.06. The quantitative estimate of drug-likeness (QED) is 0.415. The van der Waals surface area contributed by atoms with E-state index in [2.05, 4.69) is 59.9 Å². The van der Waals surface area contributed by atoms with Gasteiger partial charge in [-0.15, -0.1) is 0 Å². The lowest BCUT2D eigenvalue weighted by Gasteiger charge is -2.10. The van der Waals surface area contributed by atoms with Crippen LogP contribution in [-0.4, -0.2) is 6.41 Å². The lowest BCUT2D eigenvalue weighted by Crippen LogP contribution is -1.94. The molecule has 4 aromatic carbocycles. The van der Waals surface area contributed by atoms with Crippen molar-refractivity contribution in [3.63, 3.8) is 0 Å². The number of nitrogens with one attached hydrogen (secondary N) is 1. The summed E-state index contributed by atoms with van der Waals surface area (Å²) in [5, 5.41) is 9.94. The first kappa shape index (κ1) is 11.9. The van der Waals surface area contributed by atoms with Crippen molar-refractivity contribution in [1.82, 2.24) is 0 Å². The number of rotatable bonds is 2. The van der Waals surface area contributed by atoms with Crippen LogP contribution in [0.15, 0.2) is 66.7 Å². The first-order valence-corrected chi connectivity index (χ1v) is 6.92. The molecule has 2 heteroatoms. The number of carbonyl (C=O) groups is 1. The highest BCUT2D eigenvalue weighted by Crippen LogP contribution is 2.33. The van der Waals surface area contributed by atoms with Gasteiger partial charge in [0.25, 0.3) is 0 Å². The van der Waals surface area contributed by atoms with Gasteiger partial charge in [0.15, 0.2) is 0 Å². The summed E-state index contributed by atoms with van der Waals surface area (Å²) in [4.78, 5) is 10.7. The van der Waals surface area contributed by atoms with Gasteiger partial charge in [0.2, 0.25) is 6.41 Å². The molecule has 0 aliphatic rings. The Balaban J connectivity index is 2.17. The molecule has 4 rings (SSSR count). The summed E-state index contributed by atoms with van der Waals surface area (Å²) in [5.41, 5.74) is 0.845. The number of benzene rings is 4. The van der Waals surface area contributed by atoms with Gasteiger partial charge < -0.3 is 5.32 Å². The molecule has 0 aromatic heterocycles. The van der Waals surface area contributed by atoms with E-state index in [1.165, 1.54) is 21.5 Å². The van der Waals surface area contributed by atoms with Crippen molar-refractivity contribution in [2.75, 3.05) is 5.32 Å². The second-order valence-electron chi connectivity index (χ2n) is 5.11. The van der Waals surface area contributed by atoms with E-state index in [4.69, 9.17) is 0 Å². The minimum Gasteiger partial charge on any atom is -0.328 e. The summed E-state index contributed by atoms with van der Waals surface area (Å²) >= 11 is 0. The van der Waals surface area contributed by atoms with Gasteiger partial charge in [0.05, 0.1) is 0 Å². The molecule has 0 radical (unpaired) electrons. The van der Waals surface area contributed by atoms with E-state index >= 15 is 0 Å². The van der Waals surface area contributed by atoms with Crippen molar-refractivity contribution in [3.05, 3.63) is 66.7 Å². The van der Waals surface area contributed by atoms with E-state index in [-0.39, 0.29) is 0 Å². The standard InChI is InChI=1S/C19H13NO/c21-12-20-19-7-3-6-15-17-9-8-13-4-1-2-5-14(13)16(17)10-11-18(15)19/h1-12H,(H,20,21). The van der Waals surface area contributed by atoms with Crippen molar-refractivity contribution < 1.29 is 4.79 Å². The monoisotopic (exact) mass is 271 g/mol. The fourth-order valence-electron chi connectivity index (χ4n) is 3.05. The van der Waals surface area contributed by atoms with Gasteiger partial charge in [-0.05, 0) is 33.0 Å². The Morgan fingerprint density at radius 1 is 0.619 bits per heavy atom. The van der Waals surface area contributed by atoms with Crippen molar-refractivity contribution in [3.8, 4) is 0 Å². The number of carbonyl (C=O) groups excluding carboxylic acids is 1. The lowest BCUT2D eigenvalue weighted by atomic mass is 9.96. The maximum atomic E-state index is 10.7. The molecule has 100 valence electrons. The zero-order chi connectivity index (χ0) is 14.2. The predicted octanol–water partition coefficient (Wildman–Crippen LogP) is 4.71. The Hall–Kier alpha value is -2.87. The fourth-order valence-corrected chi connectivity index (χ4v) is 3.05. The summed E-state index contributed by atoms with van der Waals surface area (Å²) in [6.07, 6.45) is 0.722. The molecule has 0 bridgehead atoms. The summed E-state index contributed by atoms with van der Waals surface area (Å²) in [6, 6.07) is 22.9. The molecule has 0 saturated heterocycles. The first-order valence-electron chi connectivity index (χ1n) is 6.92. The summed E-state index contributed by atoms with van der Waals surface area (Å²) in [7, 11) is 0. The molecule has 0 unspecified atom stereocenters. The number of amides is 1. The topological polar surface area (TPSA) is 29.1 Å². The number of anilines is 1. The van der Waals surface area contributed by atoms with Crippen molar-refractivity contribution >= 4 is 44.4 Å². The molecular formula is C19H13NO. The summed E-state index contributed by atoms with van der Waals surface area (Å²) in [5.74, 6) is 0. The fraction of sp³-hybridized carbons (Fsp3) is 0. The number of hydrogen-bond donors (Lipinski definition) is 1. The average Bonchev–Trinajstić information content (AvgIpc) is 2.55. The third-order valence-electron chi connectivity index (χ3n) is 4.00. The summed E-state index contributed by atoms with van der Waals surface area (Å²) < 4.78 is 0. The second-order valence-corrected chi connectivity index (χ2v) is 5.11. The van der Waals surface area contributed by atoms with E-state index in [1.807, 2.05) is 12.1 Å². The Morgan fingerprint density at radius 3 is 2.19 bits per heavy atom. The van der Waals surface area contributed by atoms with Crippen molar-refractivity contribution in [2.24, 2.45) is 0 Å². The van der Waals surface area contributed by atoms with Crippen LogP contribution in [0.1, 0.15) is 0 Å². The van der Waals surface area contributed by atoms with E-state index in [0.717, 1.165) is 22.9 Å². The molecule has 2 nitrogen and oxygen atoms in total. The third kappa shape index (κ3) is 1.77. The maximum absolute atomic E-state index is 10.7. The zero-order valence-electron chi connectivity index (χ0n) is 11.3. The molecular weight excluding hydrogens is 258 g/mol. The normalized spacial score (nSPS) is 11.0. The van der Waals surface area contributed by atoms with Gasteiger partial charge in [-0.1, -0.05) is 60.7 Å². The van der Waals surface area contributed by atoms with E-state index in [0.29, 0.717) is 0 Å². The van der Waals surface area contributed by atoms with Crippen LogP contribution in [-0.2, 0) is 4.79 Å². The molecule has 21 heavy (non-hydrogen) atoms. The highest BCUT2D eigenvalue weighted by molar-refractivity contribution is 6.19. The number of fused-ring (bicyclic) bond motifs is 5. The van der Waals surface area contributed by atoms with Gasteiger partial charge >= 0.3 is 0 Å². The van der Waals surface area contributed by atoms with E-state index < -0.39 is 0 Å². The van der Waals surface area contributed by atoms with Crippen molar-refractivity contribution in [1.29, 1.82) is 0 Å². The second kappa shape index (κ2) is 4.60. The van der Waals surface area contributed by atoms with Crippen molar-refractivity contribution in [2.45, 2.75) is 0 Å². The number of hydrogen-bond acceptors (Lipinski definition) is 1. The smallest absolute Gasteiger partial charge is 0.211 e. The zero-order valence-corrected chi connectivity index (χ0v) is 11.3. The van der Waals surface area contributed by atoms with Gasteiger partial charge in [-0.25, -0.2) is 0 Å². The SMILES string of the molecule is O=CNc1cccc2c1ccc1c3ccccc3ccc21. The molecule has 0 saturated carbocycles. The minimum absolute atomic E-state index is 0.722. The maximum Gasteiger partial charge on any atom is 0.211 e. The predicted molar refractivity (Wildman–Crippen MR) is 88.6 cm³/mol. The van der Waals surface area contributed by atoms with Gasteiger partial charge in [-0.2, -0.15) is 0 Å². The first-order chi connectivity index (χ1) is 10.4. The molecule has 1 amide bonds. The van der Waals surface area contributed by atoms with Gasteiger partial charge in [0, 0.05) is 11.1 Å². The Morgan fingerprint density at radius 2 is 1.29 bits per heavy atom. The molecule has 4 aromatic rings. The van der Waals surface area contributed by atoms with Crippen LogP contribution in [0.2, 0.25) is 0 Å². The minimum atomic E-state index is 0.722. The molecule has 0 heterocycles. The largest absolute Gasteiger partial charge is 0.328 e. The molecule has 0 spiro atoms. The molecule has 0 fully saturated rings. The molecule has 0 aliphatic carbocycles. The highest BCUT2D eigenvalue weighted by atomic mass is 16.1. The van der Waals surface area contributed by atoms with Gasteiger partial charge in [0.1, 0.15) is 0 Å². The van der Waals surface area contributed by atoms with Crippen LogP contribution in [0.3, 0.4) is 0 Å². The Labute approximate surface area is 122 Å². The Kier molecular flexibility index (Phi) is 2.61. The van der Waals surface area contributed by atoms with E-state index in [9.17, 15) is 4.79 Å². The van der Waals surface area contributed by atoms with E-state index in [1.54, 1.807) is 0 Å². The lowest BCUT2D eigenvalue weighted by molar-refractivity contribution is -0.105. The third-order valence-corrected chi connectivity index (χ3v) is 4.00. The average molecular weight is 271 g/mol. The van der Waals surface area contributed by atoms with Crippen LogP contribution in [0.4, 0.5) is 5.69 Å². The van der Waals surface area contributed by atoms with Crippen LogP contribution in [0.5, 0.6) is 0 Å². The van der Waals surface area contributed by atoms with Crippen LogP contribution in [0, 0.1) is 0 Å².